The Labute approximate surface area is 166 Å². The van der Waals surface area contributed by atoms with Crippen molar-refractivity contribution in [2.75, 3.05) is 17.1 Å². The smallest absolute Gasteiger partial charge is 0.243 e. The van der Waals surface area contributed by atoms with Crippen molar-refractivity contribution >= 4 is 21.6 Å². The summed E-state index contributed by atoms with van der Waals surface area (Å²) in [5, 5.41) is 2.79. The van der Waals surface area contributed by atoms with Gasteiger partial charge in [0.1, 0.15) is 11.9 Å². The third-order valence-corrected chi connectivity index (χ3v) is 5.61. The molecule has 0 saturated carbocycles. The number of carbonyl (C=O) groups excluding carboxylic acids is 1. The van der Waals surface area contributed by atoms with Gasteiger partial charge >= 0.3 is 0 Å². The fourth-order valence-electron chi connectivity index (χ4n) is 3.16. The Morgan fingerprint density at radius 2 is 1.89 bits per heavy atom. The molecule has 2 rings (SSSR count). The van der Waals surface area contributed by atoms with Gasteiger partial charge in [0, 0.05) is 6.54 Å². The molecular formula is C21H27FN2O3S. The van der Waals surface area contributed by atoms with E-state index in [0.717, 1.165) is 23.4 Å². The Bertz CT molecular complexity index is 915. The normalized spacial score (nSPS) is 12.4. The first-order chi connectivity index (χ1) is 13.2. The van der Waals surface area contributed by atoms with Crippen molar-refractivity contribution in [2.24, 2.45) is 0 Å². The van der Waals surface area contributed by atoms with Crippen LogP contribution in [0, 0.1) is 12.7 Å². The van der Waals surface area contributed by atoms with E-state index in [2.05, 4.69) is 11.4 Å². The van der Waals surface area contributed by atoms with Crippen LogP contribution in [0.1, 0.15) is 30.9 Å². The van der Waals surface area contributed by atoms with Gasteiger partial charge in [-0.1, -0.05) is 48.9 Å². The molecule has 0 spiro atoms. The number of anilines is 1. The standard InChI is InChI=1S/C21H27FN2O3S/c1-4-19(24(28(3,26)27)20-13-6-5-12-18(20)22)21(25)23-14-8-11-17-10-7-9-16(2)15-17/h5-7,9-10,12-13,15,19H,4,8,11,14H2,1-3H3,(H,23,25). The first kappa shape index (κ1) is 21.9. The van der Waals surface area contributed by atoms with Crippen molar-refractivity contribution in [1.29, 1.82) is 0 Å². The molecular weight excluding hydrogens is 379 g/mol. The summed E-state index contributed by atoms with van der Waals surface area (Å²) in [5.41, 5.74) is 2.25. The van der Waals surface area contributed by atoms with Crippen LogP contribution in [0.5, 0.6) is 0 Å². The van der Waals surface area contributed by atoms with E-state index in [1.54, 1.807) is 13.0 Å². The topological polar surface area (TPSA) is 66.5 Å². The van der Waals surface area contributed by atoms with Crippen LogP contribution in [0.25, 0.3) is 0 Å². The number of hydrogen-bond donors (Lipinski definition) is 1. The number of aryl methyl sites for hydroxylation is 2. The van der Waals surface area contributed by atoms with Gasteiger partial charge in [0.05, 0.1) is 11.9 Å². The molecule has 1 N–H and O–H groups in total. The molecule has 1 amide bonds. The zero-order chi connectivity index (χ0) is 20.7. The largest absolute Gasteiger partial charge is 0.354 e. The third-order valence-electron chi connectivity index (χ3n) is 4.44. The van der Waals surface area contributed by atoms with Crippen LogP contribution >= 0.6 is 0 Å². The van der Waals surface area contributed by atoms with Crippen molar-refractivity contribution in [3.8, 4) is 0 Å². The molecule has 2 aromatic carbocycles. The quantitative estimate of drug-likeness (QED) is 0.649. The van der Waals surface area contributed by atoms with E-state index in [9.17, 15) is 17.6 Å². The van der Waals surface area contributed by atoms with Crippen LogP contribution in [-0.4, -0.2) is 33.2 Å². The molecule has 0 aliphatic carbocycles. The molecule has 152 valence electrons. The molecule has 0 fully saturated rings. The lowest BCUT2D eigenvalue weighted by atomic mass is 10.1. The Kier molecular flexibility index (Phi) is 7.57. The lowest BCUT2D eigenvalue weighted by Gasteiger charge is -2.30. The SMILES string of the molecule is CCC(C(=O)NCCCc1cccc(C)c1)N(c1ccccc1F)S(C)(=O)=O. The Hall–Kier alpha value is -2.41. The number of sulfonamides is 1. The molecule has 5 nitrogen and oxygen atoms in total. The summed E-state index contributed by atoms with van der Waals surface area (Å²) in [6, 6.07) is 12.7. The molecule has 1 atom stereocenters. The number of benzene rings is 2. The van der Waals surface area contributed by atoms with E-state index in [-0.39, 0.29) is 12.1 Å². The van der Waals surface area contributed by atoms with Crippen LogP contribution in [0.3, 0.4) is 0 Å². The first-order valence-electron chi connectivity index (χ1n) is 9.31. The molecule has 0 heterocycles. The molecule has 0 aromatic heterocycles. The molecule has 0 saturated heterocycles. The number of nitrogens with zero attached hydrogens (tertiary/aromatic N) is 1. The van der Waals surface area contributed by atoms with Gasteiger partial charge in [-0.3, -0.25) is 9.10 Å². The van der Waals surface area contributed by atoms with Crippen LogP contribution in [-0.2, 0) is 21.2 Å². The highest BCUT2D eigenvalue weighted by molar-refractivity contribution is 7.92. The Balaban J connectivity index is 2.06. The molecule has 28 heavy (non-hydrogen) atoms. The molecule has 0 aliphatic rings. The van der Waals surface area contributed by atoms with Crippen molar-refractivity contribution in [3.63, 3.8) is 0 Å². The third kappa shape index (κ3) is 5.79. The number of halogens is 1. The molecule has 0 bridgehead atoms. The predicted octanol–water partition coefficient (Wildman–Crippen LogP) is 3.43. The van der Waals surface area contributed by atoms with Crippen molar-refractivity contribution in [2.45, 2.75) is 39.2 Å². The first-order valence-corrected chi connectivity index (χ1v) is 11.2. The molecule has 1 unspecified atom stereocenters. The summed E-state index contributed by atoms with van der Waals surface area (Å²) in [6.07, 6.45) is 2.74. The monoisotopic (exact) mass is 406 g/mol. The lowest BCUT2D eigenvalue weighted by Crippen LogP contribution is -2.49. The highest BCUT2D eigenvalue weighted by Gasteiger charge is 2.32. The molecule has 0 radical (unpaired) electrons. The van der Waals surface area contributed by atoms with Crippen LogP contribution < -0.4 is 9.62 Å². The van der Waals surface area contributed by atoms with Gasteiger partial charge in [-0.15, -0.1) is 0 Å². The number of hydrogen-bond acceptors (Lipinski definition) is 3. The van der Waals surface area contributed by atoms with Gasteiger partial charge in [-0.05, 0) is 43.9 Å². The molecule has 0 aliphatic heterocycles. The van der Waals surface area contributed by atoms with E-state index in [0.29, 0.717) is 6.54 Å². The van der Waals surface area contributed by atoms with E-state index in [1.807, 2.05) is 25.1 Å². The highest BCUT2D eigenvalue weighted by atomic mass is 32.2. The zero-order valence-electron chi connectivity index (χ0n) is 16.5. The van der Waals surface area contributed by atoms with E-state index in [1.165, 1.54) is 29.3 Å². The fraction of sp³-hybridized carbons (Fsp3) is 0.381. The molecule has 7 heteroatoms. The minimum Gasteiger partial charge on any atom is -0.354 e. The van der Waals surface area contributed by atoms with Gasteiger partial charge in [-0.2, -0.15) is 0 Å². The van der Waals surface area contributed by atoms with Gasteiger partial charge in [0.15, 0.2) is 0 Å². The van der Waals surface area contributed by atoms with Crippen LogP contribution in [0.15, 0.2) is 48.5 Å². The maximum Gasteiger partial charge on any atom is 0.243 e. The Morgan fingerprint density at radius 1 is 1.18 bits per heavy atom. The minimum absolute atomic E-state index is 0.119. The van der Waals surface area contributed by atoms with Crippen molar-refractivity contribution < 1.29 is 17.6 Å². The maximum atomic E-state index is 14.2. The maximum absolute atomic E-state index is 14.2. The van der Waals surface area contributed by atoms with Crippen LogP contribution in [0.4, 0.5) is 10.1 Å². The second kappa shape index (κ2) is 9.68. The number of amides is 1. The second-order valence-electron chi connectivity index (χ2n) is 6.82. The fourth-order valence-corrected chi connectivity index (χ4v) is 4.37. The summed E-state index contributed by atoms with van der Waals surface area (Å²) in [5.74, 6) is -1.11. The second-order valence-corrected chi connectivity index (χ2v) is 8.68. The average Bonchev–Trinajstić information content (AvgIpc) is 2.63. The summed E-state index contributed by atoms with van der Waals surface area (Å²) in [4.78, 5) is 12.7. The Morgan fingerprint density at radius 3 is 2.50 bits per heavy atom. The summed E-state index contributed by atoms with van der Waals surface area (Å²) in [7, 11) is -3.84. The number of rotatable bonds is 9. The van der Waals surface area contributed by atoms with Crippen molar-refractivity contribution in [1.82, 2.24) is 5.32 Å². The summed E-state index contributed by atoms with van der Waals surface area (Å²) in [6.45, 7) is 4.15. The highest BCUT2D eigenvalue weighted by Crippen LogP contribution is 2.25. The minimum atomic E-state index is -3.84. The zero-order valence-corrected chi connectivity index (χ0v) is 17.3. The number of nitrogens with one attached hydrogen (secondary N) is 1. The van der Waals surface area contributed by atoms with E-state index in [4.69, 9.17) is 0 Å². The van der Waals surface area contributed by atoms with Gasteiger partial charge < -0.3 is 5.32 Å². The lowest BCUT2D eigenvalue weighted by molar-refractivity contribution is -0.122. The van der Waals surface area contributed by atoms with Crippen molar-refractivity contribution in [3.05, 3.63) is 65.5 Å². The summed E-state index contributed by atoms with van der Waals surface area (Å²) >= 11 is 0. The van der Waals surface area contributed by atoms with E-state index >= 15 is 0 Å². The average molecular weight is 407 g/mol. The van der Waals surface area contributed by atoms with Gasteiger partial charge in [-0.25, -0.2) is 12.8 Å². The molecule has 2 aromatic rings. The summed E-state index contributed by atoms with van der Waals surface area (Å²) < 4.78 is 39.7. The van der Waals surface area contributed by atoms with Gasteiger partial charge in [0.25, 0.3) is 0 Å². The number of carbonyl (C=O) groups is 1. The van der Waals surface area contributed by atoms with Gasteiger partial charge in [0.2, 0.25) is 15.9 Å². The predicted molar refractivity (Wildman–Crippen MR) is 110 cm³/mol. The number of para-hydroxylation sites is 1. The van der Waals surface area contributed by atoms with E-state index < -0.39 is 27.8 Å². The van der Waals surface area contributed by atoms with Crippen LogP contribution in [0.2, 0.25) is 0 Å².